The number of aromatic amines is 1. The minimum atomic E-state index is -4.12. The van der Waals surface area contributed by atoms with E-state index >= 15 is 0 Å². The fourth-order valence-corrected chi connectivity index (χ4v) is 5.59. The fourth-order valence-electron chi connectivity index (χ4n) is 3.29. The lowest BCUT2D eigenvalue weighted by molar-refractivity contribution is -0.149. The molecule has 0 amide bonds. The van der Waals surface area contributed by atoms with Gasteiger partial charge in [0.1, 0.15) is 12.1 Å². The zero-order valence-electron chi connectivity index (χ0n) is 21.7. The van der Waals surface area contributed by atoms with Crippen LogP contribution in [-0.2, 0) is 32.7 Å². The summed E-state index contributed by atoms with van der Waals surface area (Å²) in [7, 11) is -4.12. The molecule has 2 rings (SSSR count). The van der Waals surface area contributed by atoms with E-state index in [0.29, 0.717) is 0 Å². The zero-order chi connectivity index (χ0) is 27.9. The third-order valence-corrected chi connectivity index (χ3v) is 8.22. The van der Waals surface area contributed by atoms with Crippen LogP contribution in [0.4, 0.5) is 0 Å². The molecule has 210 valence electrons. The first-order valence-corrected chi connectivity index (χ1v) is 14.5. The van der Waals surface area contributed by atoms with Crippen molar-refractivity contribution in [3.8, 4) is 0 Å². The summed E-state index contributed by atoms with van der Waals surface area (Å²) in [6.45, 7) is 9.55. The zero-order valence-corrected chi connectivity index (χ0v) is 23.5. The Bertz CT molecular complexity index is 1090. The predicted octanol–water partition coefficient (Wildman–Crippen LogP) is 1.42. The van der Waals surface area contributed by atoms with Crippen LogP contribution >= 0.6 is 19.5 Å². The second-order valence-electron chi connectivity index (χ2n) is 9.22. The van der Waals surface area contributed by atoms with Crippen molar-refractivity contribution in [3.63, 3.8) is 0 Å². The molecule has 6 atom stereocenters. The highest BCUT2D eigenvalue weighted by Gasteiger charge is 2.44. The molecule has 1 aromatic rings. The standard InChI is InChI=1S/C22H36N3O10PS/c1-12(2)21(29)37-10-9-32-36(31,24-15(6)20(28)34-13(3)4)33-11-16-14(5)18(27)19(35-16)25-8-7-17(26)23-22(25)30/h7-8,12-16,18-19,27H,9-11H2,1-6H3,(H,24,31)(H,23,26,30)/t14-,15-,16-,18-,19-,36?/m1/s1. The van der Waals surface area contributed by atoms with E-state index in [-0.39, 0.29) is 36.1 Å². The van der Waals surface area contributed by atoms with Crippen LogP contribution in [0.5, 0.6) is 0 Å². The van der Waals surface area contributed by atoms with Crippen molar-refractivity contribution in [2.75, 3.05) is 19.0 Å². The lowest BCUT2D eigenvalue weighted by Crippen LogP contribution is -2.36. The number of thioether (sulfide) groups is 1. The van der Waals surface area contributed by atoms with Crippen molar-refractivity contribution in [2.45, 2.75) is 72.1 Å². The minimum Gasteiger partial charge on any atom is -0.462 e. The maximum atomic E-state index is 13.5. The number of rotatable bonds is 13. The maximum Gasteiger partial charge on any atom is 0.406 e. The Morgan fingerprint density at radius 2 is 1.92 bits per heavy atom. The third-order valence-electron chi connectivity index (χ3n) is 5.38. The molecular formula is C22H36N3O10PS. The molecule has 1 fully saturated rings. The van der Waals surface area contributed by atoms with E-state index in [1.165, 1.54) is 13.1 Å². The smallest absolute Gasteiger partial charge is 0.406 e. The third kappa shape index (κ3) is 9.17. The lowest BCUT2D eigenvalue weighted by Gasteiger charge is -2.25. The lowest BCUT2D eigenvalue weighted by atomic mass is 10.0. The first-order chi connectivity index (χ1) is 17.2. The summed E-state index contributed by atoms with van der Waals surface area (Å²) in [4.78, 5) is 49.7. The molecule has 13 nitrogen and oxygen atoms in total. The van der Waals surface area contributed by atoms with Crippen LogP contribution < -0.4 is 16.3 Å². The Hall–Kier alpha value is -1.80. The monoisotopic (exact) mass is 565 g/mol. The molecule has 1 aliphatic heterocycles. The highest BCUT2D eigenvalue weighted by Crippen LogP contribution is 2.46. The van der Waals surface area contributed by atoms with Gasteiger partial charge >= 0.3 is 19.4 Å². The van der Waals surface area contributed by atoms with Gasteiger partial charge in [-0.15, -0.1) is 0 Å². The van der Waals surface area contributed by atoms with Crippen molar-refractivity contribution < 1.29 is 37.8 Å². The molecule has 1 aromatic heterocycles. The summed E-state index contributed by atoms with van der Waals surface area (Å²) in [6, 6.07) is 0.0793. The van der Waals surface area contributed by atoms with Gasteiger partial charge in [0.25, 0.3) is 5.56 Å². The van der Waals surface area contributed by atoms with E-state index in [0.717, 1.165) is 22.4 Å². The molecule has 0 aliphatic carbocycles. The van der Waals surface area contributed by atoms with Crippen LogP contribution in [-0.4, -0.2) is 69.1 Å². The quantitative estimate of drug-likeness (QED) is 0.178. The number of hydrogen-bond donors (Lipinski definition) is 3. The second-order valence-corrected chi connectivity index (χ2v) is 12.1. The normalized spacial score (nSPS) is 24.2. The van der Waals surface area contributed by atoms with Crippen LogP contribution in [0.2, 0.25) is 0 Å². The van der Waals surface area contributed by atoms with Gasteiger partial charge in [-0.05, 0) is 20.8 Å². The van der Waals surface area contributed by atoms with Crippen LogP contribution in [0, 0.1) is 11.8 Å². The van der Waals surface area contributed by atoms with Gasteiger partial charge in [0.05, 0.1) is 25.4 Å². The summed E-state index contributed by atoms with van der Waals surface area (Å²) in [6.07, 6.45) is -2.24. The van der Waals surface area contributed by atoms with Crippen LogP contribution in [0.25, 0.3) is 0 Å². The number of carbonyl (C=O) groups is 2. The van der Waals surface area contributed by atoms with Crippen molar-refractivity contribution in [1.29, 1.82) is 0 Å². The number of aliphatic hydroxyl groups is 1. The fraction of sp³-hybridized carbons (Fsp3) is 0.727. The summed E-state index contributed by atoms with van der Waals surface area (Å²) < 4.78 is 36.6. The van der Waals surface area contributed by atoms with E-state index in [4.69, 9.17) is 18.5 Å². The van der Waals surface area contributed by atoms with Gasteiger partial charge in [0.15, 0.2) is 11.3 Å². The van der Waals surface area contributed by atoms with Gasteiger partial charge in [-0.1, -0.05) is 32.5 Å². The molecule has 0 bridgehead atoms. The average molecular weight is 566 g/mol. The van der Waals surface area contributed by atoms with Gasteiger partial charge < -0.3 is 14.6 Å². The Kier molecular flexibility index (Phi) is 11.7. The van der Waals surface area contributed by atoms with Gasteiger partial charge in [-0.2, -0.15) is 0 Å². The maximum absolute atomic E-state index is 13.5. The Morgan fingerprint density at radius 3 is 2.51 bits per heavy atom. The van der Waals surface area contributed by atoms with Crippen molar-refractivity contribution >= 4 is 30.6 Å². The van der Waals surface area contributed by atoms with Crippen molar-refractivity contribution in [1.82, 2.24) is 14.6 Å². The Labute approximate surface area is 219 Å². The topological polar surface area (TPSA) is 175 Å². The molecule has 15 heteroatoms. The minimum absolute atomic E-state index is 0.0492. The molecule has 0 spiro atoms. The molecule has 1 aliphatic rings. The van der Waals surface area contributed by atoms with Crippen LogP contribution in [0.15, 0.2) is 21.9 Å². The first kappa shape index (κ1) is 31.4. The van der Waals surface area contributed by atoms with Gasteiger partial charge in [0.2, 0.25) is 0 Å². The number of nitrogens with one attached hydrogen (secondary N) is 2. The largest absolute Gasteiger partial charge is 0.462 e. The molecule has 37 heavy (non-hydrogen) atoms. The Morgan fingerprint density at radius 1 is 1.24 bits per heavy atom. The number of hydrogen-bond acceptors (Lipinski definition) is 11. The first-order valence-electron chi connectivity index (χ1n) is 11.9. The number of esters is 1. The van der Waals surface area contributed by atoms with E-state index in [9.17, 15) is 28.8 Å². The number of carbonyl (C=O) groups excluding carboxylic acids is 2. The van der Waals surface area contributed by atoms with E-state index < -0.39 is 55.4 Å². The molecular weight excluding hydrogens is 529 g/mol. The van der Waals surface area contributed by atoms with Crippen molar-refractivity contribution in [3.05, 3.63) is 33.1 Å². The molecule has 2 heterocycles. The molecule has 1 saturated heterocycles. The second kappa shape index (κ2) is 13.8. The number of H-pyrrole nitrogens is 1. The molecule has 0 aromatic carbocycles. The number of aromatic nitrogens is 2. The van der Waals surface area contributed by atoms with E-state index in [1.807, 2.05) is 0 Å². The van der Waals surface area contributed by atoms with Gasteiger partial charge in [-0.3, -0.25) is 33.0 Å². The highest BCUT2D eigenvalue weighted by atomic mass is 32.2. The summed E-state index contributed by atoms with van der Waals surface area (Å²) in [5.41, 5.74) is -1.35. The van der Waals surface area contributed by atoms with Crippen LogP contribution in [0.1, 0.15) is 47.8 Å². The van der Waals surface area contributed by atoms with Gasteiger partial charge in [-0.25, -0.2) is 14.4 Å². The molecule has 1 unspecified atom stereocenters. The summed E-state index contributed by atoms with van der Waals surface area (Å²) in [5.74, 6) is -1.18. The summed E-state index contributed by atoms with van der Waals surface area (Å²) in [5, 5.41) is 13.1. The summed E-state index contributed by atoms with van der Waals surface area (Å²) >= 11 is 1.03. The SMILES string of the molecule is CC(C)OC(=O)[C@@H](C)NP(=O)(OCCSC(=O)C(C)C)OC[C@H]1O[C@@H](n2ccc(=O)[nH]c2=O)[C@H](O)[C@@H]1C. The van der Waals surface area contributed by atoms with E-state index in [2.05, 4.69) is 10.1 Å². The highest BCUT2D eigenvalue weighted by molar-refractivity contribution is 8.13. The molecule has 0 radical (unpaired) electrons. The predicted molar refractivity (Wildman–Crippen MR) is 136 cm³/mol. The van der Waals surface area contributed by atoms with Crippen LogP contribution in [0.3, 0.4) is 0 Å². The number of aliphatic hydroxyl groups excluding tert-OH is 1. The molecule has 3 N–H and O–H groups in total. The Balaban J connectivity index is 2.10. The van der Waals surface area contributed by atoms with E-state index in [1.54, 1.807) is 34.6 Å². The molecule has 0 saturated carbocycles. The average Bonchev–Trinajstić information content (AvgIpc) is 3.08. The number of ether oxygens (including phenoxy) is 2. The van der Waals surface area contributed by atoms with Crippen molar-refractivity contribution in [2.24, 2.45) is 11.8 Å². The number of nitrogens with zero attached hydrogens (tertiary/aromatic N) is 1. The van der Waals surface area contributed by atoms with Gasteiger partial charge in [0, 0.05) is 29.9 Å².